The van der Waals surface area contributed by atoms with E-state index in [1.165, 1.54) is 0 Å². The zero-order valence-electron chi connectivity index (χ0n) is 10.2. The quantitative estimate of drug-likeness (QED) is 0.844. The molecular weight excluding hydrogens is 200 g/mol. The summed E-state index contributed by atoms with van der Waals surface area (Å²) in [6, 6.07) is 7.86. The van der Waals surface area contributed by atoms with Crippen molar-refractivity contribution in [3.05, 3.63) is 23.8 Å². The fraction of sp³-hybridized carbons (Fsp3) is 0.462. The Bertz CT molecular complexity index is 393. The molecule has 0 amide bonds. The zero-order chi connectivity index (χ0) is 12.1. The molecule has 0 saturated carbocycles. The molecule has 0 heterocycles. The van der Waals surface area contributed by atoms with Crippen molar-refractivity contribution < 1.29 is 4.74 Å². The predicted molar refractivity (Wildman–Crippen MR) is 65.8 cm³/mol. The first kappa shape index (κ1) is 12.4. The van der Waals surface area contributed by atoms with Gasteiger partial charge in [0.15, 0.2) is 0 Å². The van der Waals surface area contributed by atoms with Crippen LogP contribution in [0.5, 0.6) is 5.75 Å². The van der Waals surface area contributed by atoms with Crippen molar-refractivity contribution in [1.29, 1.82) is 5.26 Å². The van der Waals surface area contributed by atoms with E-state index < -0.39 is 0 Å². The molecule has 3 nitrogen and oxygen atoms in total. The van der Waals surface area contributed by atoms with Crippen molar-refractivity contribution in [2.24, 2.45) is 0 Å². The van der Waals surface area contributed by atoms with Gasteiger partial charge in [-0.25, -0.2) is 0 Å². The molecule has 0 aliphatic heterocycles. The van der Waals surface area contributed by atoms with Crippen molar-refractivity contribution in [1.82, 2.24) is 0 Å². The molecule has 0 aliphatic rings. The van der Waals surface area contributed by atoms with E-state index in [4.69, 9.17) is 10.00 Å². The summed E-state index contributed by atoms with van der Waals surface area (Å²) >= 11 is 0. The molecule has 0 aromatic heterocycles. The topological polar surface area (TPSA) is 45.0 Å². The minimum absolute atomic E-state index is 0.187. The Morgan fingerprint density at radius 3 is 2.50 bits per heavy atom. The van der Waals surface area contributed by atoms with Crippen molar-refractivity contribution in [3.63, 3.8) is 0 Å². The summed E-state index contributed by atoms with van der Waals surface area (Å²) in [5, 5.41) is 11.9. The largest absolute Gasteiger partial charge is 0.496 e. The van der Waals surface area contributed by atoms with Crippen LogP contribution < -0.4 is 10.1 Å². The van der Waals surface area contributed by atoms with E-state index >= 15 is 0 Å². The highest BCUT2D eigenvalue weighted by atomic mass is 16.5. The third-order valence-electron chi connectivity index (χ3n) is 2.43. The fourth-order valence-electron chi connectivity index (χ4n) is 1.56. The van der Waals surface area contributed by atoms with E-state index in [1.807, 2.05) is 25.1 Å². The molecule has 1 atom stereocenters. The summed E-state index contributed by atoms with van der Waals surface area (Å²) < 4.78 is 5.30. The minimum Gasteiger partial charge on any atom is -0.496 e. The van der Waals surface area contributed by atoms with Crippen molar-refractivity contribution >= 4 is 5.69 Å². The standard InChI is InChI=1S/C13H18N2O/c1-9(2)12-7-11(15-10(3)8-14)5-6-13(12)16-4/h5-7,9-10,15H,1-4H3. The van der Waals surface area contributed by atoms with Gasteiger partial charge >= 0.3 is 0 Å². The molecule has 1 aromatic rings. The number of hydrogen-bond donors (Lipinski definition) is 1. The van der Waals surface area contributed by atoms with Gasteiger partial charge in [0.2, 0.25) is 0 Å². The lowest BCUT2D eigenvalue weighted by Gasteiger charge is -2.15. The number of anilines is 1. The predicted octanol–water partition coefficient (Wildman–Crippen LogP) is 3.14. The van der Waals surface area contributed by atoms with Crippen LogP contribution in [-0.4, -0.2) is 13.2 Å². The number of rotatable bonds is 4. The van der Waals surface area contributed by atoms with Gasteiger partial charge < -0.3 is 10.1 Å². The molecule has 0 fully saturated rings. The second-order valence-electron chi connectivity index (χ2n) is 4.11. The molecule has 1 N–H and O–H groups in total. The highest BCUT2D eigenvalue weighted by Crippen LogP contribution is 2.29. The maximum atomic E-state index is 8.74. The summed E-state index contributed by atoms with van der Waals surface area (Å²) in [5.41, 5.74) is 2.11. The third-order valence-corrected chi connectivity index (χ3v) is 2.43. The molecule has 16 heavy (non-hydrogen) atoms. The Labute approximate surface area is 97.0 Å². The van der Waals surface area contributed by atoms with Gasteiger partial charge in [-0.3, -0.25) is 0 Å². The molecule has 3 heteroatoms. The van der Waals surface area contributed by atoms with Crippen LogP contribution in [0.25, 0.3) is 0 Å². The second-order valence-corrected chi connectivity index (χ2v) is 4.11. The lowest BCUT2D eigenvalue weighted by atomic mass is 10.0. The summed E-state index contributed by atoms with van der Waals surface area (Å²) in [6.07, 6.45) is 0. The zero-order valence-corrected chi connectivity index (χ0v) is 10.2. The van der Waals surface area contributed by atoms with Crippen molar-refractivity contribution in [2.75, 3.05) is 12.4 Å². The van der Waals surface area contributed by atoms with Crippen LogP contribution in [0.4, 0.5) is 5.69 Å². The van der Waals surface area contributed by atoms with Crippen molar-refractivity contribution in [3.8, 4) is 11.8 Å². The molecule has 0 bridgehead atoms. The van der Waals surface area contributed by atoms with Gasteiger partial charge in [0.1, 0.15) is 11.8 Å². The second kappa shape index (κ2) is 5.41. The lowest BCUT2D eigenvalue weighted by molar-refractivity contribution is 0.407. The third kappa shape index (κ3) is 2.90. The van der Waals surface area contributed by atoms with Crippen LogP contribution in [-0.2, 0) is 0 Å². The van der Waals surface area contributed by atoms with Crippen LogP contribution in [0.2, 0.25) is 0 Å². The smallest absolute Gasteiger partial charge is 0.122 e. The maximum absolute atomic E-state index is 8.74. The first-order valence-electron chi connectivity index (χ1n) is 5.42. The molecule has 86 valence electrons. The number of nitrogens with one attached hydrogen (secondary N) is 1. The summed E-state index contributed by atoms with van der Waals surface area (Å²) in [5.74, 6) is 1.29. The van der Waals surface area contributed by atoms with E-state index in [2.05, 4.69) is 25.2 Å². The van der Waals surface area contributed by atoms with Gasteiger partial charge in [-0.1, -0.05) is 13.8 Å². The fourth-order valence-corrected chi connectivity index (χ4v) is 1.56. The Hall–Kier alpha value is -1.69. The first-order chi connectivity index (χ1) is 7.58. The Morgan fingerprint density at radius 1 is 1.31 bits per heavy atom. The molecule has 0 aliphatic carbocycles. The average Bonchev–Trinajstić information content (AvgIpc) is 2.28. The molecule has 0 saturated heterocycles. The molecule has 1 aromatic carbocycles. The van der Waals surface area contributed by atoms with E-state index in [0.717, 1.165) is 17.0 Å². The van der Waals surface area contributed by atoms with Crippen LogP contribution in [0.15, 0.2) is 18.2 Å². The lowest BCUT2D eigenvalue weighted by Crippen LogP contribution is -2.12. The summed E-state index contributed by atoms with van der Waals surface area (Å²) in [7, 11) is 1.67. The molecule has 0 radical (unpaired) electrons. The van der Waals surface area contributed by atoms with E-state index in [-0.39, 0.29) is 6.04 Å². The Balaban J connectivity index is 2.98. The number of benzene rings is 1. The highest BCUT2D eigenvalue weighted by molar-refractivity contribution is 5.53. The highest BCUT2D eigenvalue weighted by Gasteiger charge is 2.09. The minimum atomic E-state index is -0.187. The molecule has 1 unspecified atom stereocenters. The number of ether oxygens (including phenoxy) is 1. The van der Waals surface area contributed by atoms with Gasteiger partial charge in [0, 0.05) is 5.69 Å². The van der Waals surface area contributed by atoms with Crippen LogP contribution in [0.1, 0.15) is 32.3 Å². The van der Waals surface area contributed by atoms with Gasteiger partial charge in [-0.05, 0) is 36.6 Å². The van der Waals surface area contributed by atoms with Gasteiger partial charge in [-0.15, -0.1) is 0 Å². The van der Waals surface area contributed by atoms with Gasteiger partial charge in [0.25, 0.3) is 0 Å². The van der Waals surface area contributed by atoms with Crippen LogP contribution >= 0.6 is 0 Å². The first-order valence-corrected chi connectivity index (χ1v) is 5.42. The van der Waals surface area contributed by atoms with Crippen LogP contribution in [0, 0.1) is 11.3 Å². The van der Waals surface area contributed by atoms with Crippen LogP contribution in [0.3, 0.4) is 0 Å². The Morgan fingerprint density at radius 2 is 2.00 bits per heavy atom. The monoisotopic (exact) mass is 218 g/mol. The number of nitriles is 1. The van der Waals surface area contributed by atoms with Gasteiger partial charge in [-0.2, -0.15) is 5.26 Å². The van der Waals surface area contributed by atoms with E-state index in [1.54, 1.807) is 7.11 Å². The van der Waals surface area contributed by atoms with Crippen molar-refractivity contribution in [2.45, 2.75) is 32.7 Å². The number of nitrogens with zero attached hydrogens (tertiary/aromatic N) is 1. The Kier molecular flexibility index (Phi) is 4.19. The summed E-state index contributed by atoms with van der Waals surface area (Å²) in [6.45, 7) is 6.07. The SMILES string of the molecule is COc1ccc(NC(C)C#N)cc1C(C)C. The van der Waals surface area contributed by atoms with E-state index in [9.17, 15) is 0 Å². The molecule has 0 spiro atoms. The molecule has 1 rings (SSSR count). The maximum Gasteiger partial charge on any atom is 0.122 e. The van der Waals surface area contributed by atoms with E-state index in [0.29, 0.717) is 5.92 Å². The normalized spacial score (nSPS) is 12.0. The number of hydrogen-bond acceptors (Lipinski definition) is 3. The number of methoxy groups -OCH3 is 1. The average molecular weight is 218 g/mol. The molecular formula is C13H18N2O. The van der Waals surface area contributed by atoms with Gasteiger partial charge in [0.05, 0.1) is 13.2 Å². The summed E-state index contributed by atoms with van der Waals surface area (Å²) in [4.78, 5) is 0.